The molecule has 0 spiro atoms. The molecule has 0 saturated heterocycles. The van der Waals surface area contributed by atoms with E-state index in [1.807, 2.05) is 0 Å². The second kappa shape index (κ2) is 3.84. The highest BCUT2D eigenvalue weighted by Crippen LogP contribution is 2.15. The molecule has 1 heterocycles. The number of hydrogen-bond acceptors (Lipinski definition) is 3. The van der Waals surface area contributed by atoms with Gasteiger partial charge in [0.1, 0.15) is 6.54 Å². The number of halogens is 3. The number of aromatic amines is 1. The summed E-state index contributed by atoms with van der Waals surface area (Å²) >= 11 is 4.80. The Morgan fingerprint density at radius 1 is 1.57 bits per heavy atom. The van der Waals surface area contributed by atoms with Crippen molar-refractivity contribution in [1.29, 1.82) is 0 Å². The Morgan fingerprint density at radius 2 is 2.14 bits per heavy atom. The average Bonchev–Trinajstić information content (AvgIpc) is 2.04. The lowest BCUT2D eigenvalue weighted by Gasteiger charge is -2.09. The van der Waals surface area contributed by atoms with Crippen LogP contribution in [0.1, 0.15) is 0 Å². The second-order valence-corrected chi connectivity index (χ2v) is 3.95. The van der Waals surface area contributed by atoms with Crippen molar-refractivity contribution in [3.8, 4) is 0 Å². The Morgan fingerprint density at radius 3 is 2.64 bits per heavy atom. The highest BCUT2D eigenvalue weighted by atomic mass is 32.1. The van der Waals surface area contributed by atoms with Gasteiger partial charge in [-0.15, -0.1) is 0 Å². The van der Waals surface area contributed by atoms with Gasteiger partial charge in [0.15, 0.2) is 4.77 Å². The number of nitrogens with one attached hydrogen (secondary N) is 1. The Labute approximate surface area is 89.2 Å². The first-order valence-corrected chi connectivity index (χ1v) is 4.95. The molecule has 0 aliphatic rings. The molecule has 1 rings (SSSR count). The molecule has 0 saturated carbocycles. The summed E-state index contributed by atoms with van der Waals surface area (Å²) in [5.74, 6) is 0. The molecule has 76 valence electrons. The summed E-state index contributed by atoms with van der Waals surface area (Å²) in [6.07, 6.45) is -4.46. The van der Waals surface area contributed by atoms with Crippen molar-refractivity contribution >= 4 is 33.1 Å². The third-order valence-electron chi connectivity index (χ3n) is 1.46. The maximum Gasteiger partial charge on any atom is 0.406 e. The molecule has 14 heavy (non-hydrogen) atoms. The van der Waals surface area contributed by atoms with Crippen LogP contribution in [0.3, 0.4) is 0 Å². The number of alkyl halides is 3. The lowest BCUT2D eigenvalue weighted by Crippen LogP contribution is -2.40. The van der Waals surface area contributed by atoms with Crippen molar-refractivity contribution in [3.05, 3.63) is 15.1 Å². The molecular weight excluding hydrogens is 234 g/mol. The lowest BCUT2D eigenvalue weighted by atomic mass is 10.6. The van der Waals surface area contributed by atoms with Gasteiger partial charge in [0.2, 0.25) is 0 Å². The van der Waals surface area contributed by atoms with Gasteiger partial charge in [0.25, 0.3) is 5.56 Å². The van der Waals surface area contributed by atoms with Crippen molar-refractivity contribution in [2.75, 3.05) is 0 Å². The van der Waals surface area contributed by atoms with Gasteiger partial charge in [-0.1, -0.05) is 0 Å². The zero-order valence-corrected chi connectivity index (χ0v) is 9.87. The van der Waals surface area contributed by atoms with E-state index in [9.17, 15) is 18.0 Å². The average molecular weight is 239 g/mol. The monoisotopic (exact) mass is 239 g/mol. The van der Waals surface area contributed by atoms with Gasteiger partial charge in [0, 0.05) is 4.56 Å². The van der Waals surface area contributed by atoms with Crippen LogP contribution >= 0.6 is 12.2 Å². The normalized spacial score (nSPS) is 11.6. The van der Waals surface area contributed by atoms with Gasteiger partial charge in [-0.3, -0.25) is 14.5 Å². The molecule has 1 aromatic rings. The first-order chi connectivity index (χ1) is 6.31. The lowest BCUT2D eigenvalue weighted by molar-refractivity contribution is -0.141. The third-order valence-corrected chi connectivity index (χ3v) is 2.42. The highest BCUT2D eigenvalue weighted by molar-refractivity contribution is 7.71. The zero-order valence-electron chi connectivity index (χ0n) is 7.05. The molecule has 1 N–H and O–H groups in total. The van der Waals surface area contributed by atoms with E-state index in [2.05, 4.69) is 22.4 Å². The van der Waals surface area contributed by atoms with Crippen molar-refractivity contribution in [2.24, 2.45) is 0 Å². The van der Waals surface area contributed by atoms with Crippen LogP contribution < -0.4 is 10.1 Å². The highest BCUT2D eigenvalue weighted by Gasteiger charge is 2.29. The fourth-order valence-corrected chi connectivity index (χ4v) is 1.43. The molecule has 0 aliphatic heterocycles. The van der Waals surface area contributed by atoms with Gasteiger partial charge in [0.05, 0.1) is 0 Å². The van der Waals surface area contributed by atoms with E-state index >= 15 is 0 Å². The topological polar surface area (TPSA) is 50.7 Å². The van der Waals surface area contributed by atoms with Crippen LogP contribution in [0.4, 0.5) is 13.2 Å². The second-order valence-electron chi connectivity index (χ2n) is 2.62. The molecule has 0 atom stereocenters. The van der Waals surface area contributed by atoms with Gasteiger partial charge in [-0.25, -0.2) is 0 Å². The number of hydrogen-bond donors (Lipinski definition) is 1. The summed E-state index contributed by atoms with van der Waals surface area (Å²) in [4.78, 5) is 11.2. The van der Waals surface area contributed by atoms with E-state index in [1.165, 1.54) is 0 Å². The molecule has 0 radical (unpaired) electrons. The van der Waals surface area contributed by atoms with Crippen LogP contribution in [0.2, 0.25) is 0 Å². The Hall–Kier alpha value is -0.648. The number of aromatic nitrogens is 3. The van der Waals surface area contributed by atoms with E-state index in [1.54, 1.807) is 0 Å². The molecule has 0 bridgehead atoms. The van der Waals surface area contributed by atoms with E-state index in [0.29, 0.717) is 4.57 Å². The smallest absolute Gasteiger partial charge is 0.275 e. The molecular formula is C5H5AlF3N3OS. The summed E-state index contributed by atoms with van der Waals surface area (Å²) in [6.45, 7) is -1.38. The van der Waals surface area contributed by atoms with Crippen LogP contribution in [-0.4, -0.2) is 37.2 Å². The predicted molar refractivity (Wildman–Crippen MR) is 47.9 cm³/mol. The minimum absolute atomic E-state index is 0.0860. The van der Waals surface area contributed by atoms with Crippen molar-refractivity contribution < 1.29 is 13.2 Å². The maximum atomic E-state index is 12.0. The predicted octanol–water partition coefficient (Wildman–Crippen LogP) is -0.878. The summed E-state index contributed by atoms with van der Waals surface area (Å²) in [5.41, 5.74) is -0.766. The molecule has 0 fully saturated rings. The van der Waals surface area contributed by atoms with Crippen LogP contribution in [0.5, 0.6) is 0 Å². The first-order valence-electron chi connectivity index (χ1n) is 3.54. The SMILES string of the molecule is O=c1[c]([AlH2])n[nH]c(=S)n1CC(F)(F)F. The summed E-state index contributed by atoms with van der Waals surface area (Å²) in [5, 5.41) is 5.69. The van der Waals surface area contributed by atoms with E-state index in [-0.39, 0.29) is 25.6 Å². The van der Waals surface area contributed by atoms with E-state index < -0.39 is 18.3 Å². The summed E-state index contributed by atoms with van der Waals surface area (Å²) in [6, 6.07) is 0. The van der Waals surface area contributed by atoms with Crippen LogP contribution in [-0.2, 0) is 6.54 Å². The van der Waals surface area contributed by atoms with Gasteiger partial charge >= 0.3 is 22.5 Å². The summed E-state index contributed by atoms with van der Waals surface area (Å²) < 4.78 is 36.2. The number of H-pyrrole nitrogens is 1. The quantitative estimate of drug-likeness (QED) is 0.511. The van der Waals surface area contributed by atoms with Crippen molar-refractivity contribution in [1.82, 2.24) is 14.8 Å². The minimum atomic E-state index is -4.46. The Balaban J connectivity index is 3.28. The van der Waals surface area contributed by atoms with Crippen molar-refractivity contribution in [2.45, 2.75) is 12.7 Å². The Bertz CT molecular complexity index is 451. The van der Waals surface area contributed by atoms with Gasteiger partial charge in [-0.2, -0.15) is 18.3 Å². The minimum Gasteiger partial charge on any atom is -0.275 e. The summed E-state index contributed by atoms with van der Waals surface area (Å²) in [7, 11) is 0. The van der Waals surface area contributed by atoms with E-state index in [4.69, 9.17) is 0 Å². The number of rotatable bonds is 1. The molecule has 0 aromatic carbocycles. The van der Waals surface area contributed by atoms with Crippen LogP contribution in [0.15, 0.2) is 4.79 Å². The van der Waals surface area contributed by atoms with Crippen LogP contribution in [0, 0.1) is 4.77 Å². The molecule has 1 aromatic heterocycles. The standard InChI is InChI=1S/C5H3F3N3OS.Al.2H/c6-5(7,8)2-11-3(12)1-9-10-4(11)13;;;/h2H2,(H,10,13);;;. The largest absolute Gasteiger partial charge is 0.406 e. The molecule has 4 nitrogen and oxygen atoms in total. The van der Waals surface area contributed by atoms with Crippen LogP contribution in [0.25, 0.3) is 0 Å². The first kappa shape index (κ1) is 11.4. The fraction of sp³-hybridized carbons (Fsp3) is 0.400. The van der Waals surface area contributed by atoms with Gasteiger partial charge in [-0.05, 0) is 12.2 Å². The van der Waals surface area contributed by atoms with Gasteiger partial charge < -0.3 is 0 Å². The zero-order chi connectivity index (χ0) is 10.9. The maximum absolute atomic E-state index is 12.0. The molecule has 0 unspecified atom stereocenters. The molecule has 9 heteroatoms. The molecule has 0 amide bonds. The van der Waals surface area contributed by atoms with E-state index in [0.717, 1.165) is 0 Å². The Kier molecular flexibility index (Phi) is 3.14. The molecule has 0 aliphatic carbocycles. The van der Waals surface area contributed by atoms with Crippen molar-refractivity contribution in [3.63, 3.8) is 0 Å². The number of nitrogens with zero attached hydrogens (tertiary/aromatic N) is 2. The third kappa shape index (κ3) is 2.67. The fourth-order valence-electron chi connectivity index (χ4n) is 0.850.